The second-order valence-electron chi connectivity index (χ2n) is 4.98. The Hall–Kier alpha value is -2.40. The number of aromatic nitrogens is 1. The largest absolute Gasteiger partial charge is 0.319 e. The molecule has 3 rings (SSSR count). The first-order valence-corrected chi connectivity index (χ1v) is 7.35. The summed E-state index contributed by atoms with van der Waals surface area (Å²) >= 11 is 6.13. The molecule has 1 aromatic carbocycles. The zero-order chi connectivity index (χ0) is 15.5. The average molecular weight is 316 g/mol. The van der Waals surface area contributed by atoms with E-state index >= 15 is 0 Å². The van der Waals surface area contributed by atoms with Crippen LogP contribution in [0.3, 0.4) is 0 Å². The highest BCUT2D eigenvalue weighted by molar-refractivity contribution is 6.34. The summed E-state index contributed by atoms with van der Waals surface area (Å²) < 4.78 is 0. The van der Waals surface area contributed by atoms with E-state index in [-0.39, 0.29) is 11.8 Å². The van der Waals surface area contributed by atoms with Gasteiger partial charge in [0.05, 0.1) is 10.7 Å². The fraction of sp³-hybridized carbons (Fsp3) is 0.188. The van der Waals surface area contributed by atoms with Crippen LogP contribution in [-0.2, 0) is 4.79 Å². The highest BCUT2D eigenvalue weighted by atomic mass is 35.5. The molecule has 2 amide bonds. The monoisotopic (exact) mass is 315 g/mol. The van der Waals surface area contributed by atoms with E-state index in [0.717, 1.165) is 12.1 Å². The minimum absolute atomic E-state index is 0.0873. The van der Waals surface area contributed by atoms with Crippen LogP contribution in [0.2, 0.25) is 5.02 Å². The summed E-state index contributed by atoms with van der Waals surface area (Å²) in [6.07, 6.45) is 2.95. The van der Waals surface area contributed by atoms with Gasteiger partial charge in [-0.1, -0.05) is 17.7 Å². The van der Waals surface area contributed by atoms with Crippen LogP contribution in [0.4, 0.5) is 11.4 Å². The molecule has 0 atom stereocenters. The first-order valence-electron chi connectivity index (χ1n) is 6.97. The molecule has 5 nitrogen and oxygen atoms in total. The molecular formula is C16H14ClN3O2. The molecule has 22 heavy (non-hydrogen) atoms. The Kier molecular flexibility index (Phi) is 4.06. The number of pyridine rings is 1. The quantitative estimate of drug-likeness (QED) is 0.946. The standard InChI is InChI=1S/C16H14ClN3O2/c17-12-7-6-11(20-9-3-5-15(20)21)10-14(12)19-16(22)13-4-1-2-8-18-13/h1-2,4,6-8,10H,3,5,9H2,(H,19,22). The Morgan fingerprint density at radius 3 is 2.82 bits per heavy atom. The number of amides is 2. The molecule has 0 saturated carbocycles. The van der Waals surface area contributed by atoms with Crippen LogP contribution in [0.25, 0.3) is 0 Å². The number of hydrogen-bond acceptors (Lipinski definition) is 3. The second kappa shape index (κ2) is 6.15. The molecule has 2 aromatic rings. The van der Waals surface area contributed by atoms with E-state index in [1.807, 2.05) is 0 Å². The molecule has 1 N–H and O–H groups in total. The maximum atomic E-state index is 12.2. The molecule has 0 aliphatic carbocycles. The van der Waals surface area contributed by atoms with Crippen molar-refractivity contribution < 1.29 is 9.59 Å². The van der Waals surface area contributed by atoms with E-state index in [0.29, 0.717) is 29.4 Å². The Bertz CT molecular complexity index is 719. The summed E-state index contributed by atoms with van der Waals surface area (Å²) in [5, 5.41) is 3.15. The van der Waals surface area contributed by atoms with Crippen molar-refractivity contribution in [3.8, 4) is 0 Å². The van der Waals surface area contributed by atoms with Crippen LogP contribution in [0.1, 0.15) is 23.3 Å². The SMILES string of the molecule is O=C(Nc1cc(N2CCCC2=O)ccc1Cl)c1ccccn1. The number of nitrogens with zero attached hydrogens (tertiary/aromatic N) is 2. The number of carbonyl (C=O) groups is 2. The van der Waals surface area contributed by atoms with E-state index in [1.54, 1.807) is 47.5 Å². The molecule has 0 radical (unpaired) electrons. The van der Waals surface area contributed by atoms with Gasteiger partial charge in [0.1, 0.15) is 5.69 Å². The summed E-state index contributed by atoms with van der Waals surface area (Å²) in [6.45, 7) is 0.689. The minimum Gasteiger partial charge on any atom is -0.319 e. The maximum Gasteiger partial charge on any atom is 0.274 e. The highest BCUT2D eigenvalue weighted by Gasteiger charge is 2.22. The van der Waals surface area contributed by atoms with E-state index in [2.05, 4.69) is 10.3 Å². The Morgan fingerprint density at radius 1 is 1.27 bits per heavy atom. The van der Waals surface area contributed by atoms with Gasteiger partial charge in [-0.2, -0.15) is 0 Å². The molecule has 6 heteroatoms. The lowest BCUT2D eigenvalue weighted by Gasteiger charge is -2.17. The van der Waals surface area contributed by atoms with Gasteiger partial charge in [0.25, 0.3) is 5.91 Å². The smallest absolute Gasteiger partial charge is 0.274 e. The lowest BCUT2D eigenvalue weighted by atomic mass is 10.2. The van der Waals surface area contributed by atoms with Gasteiger partial charge in [-0.05, 0) is 36.8 Å². The Balaban J connectivity index is 1.84. The third-order valence-corrected chi connectivity index (χ3v) is 3.81. The number of hydrogen-bond donors (Lipinski definition) is 1. The number of halogens is 1. The van der Waals surface area contributed by atoms with Crippen LogP contribution in [0.15, 0.2) is 42.6 Å². The molecule has 0 unspecified atom stereocenters. The molecule has 0 spiro atoms. The van der Waals surface area contributed by atoms with Crippen LogP contribution in [-0.4, -0.2) is 23.3 Å². The third kappa shape index (κ3) is 2.94. The first-order chi connectivity index (χ1) is 10.6. The Labute approximate surface area is 132 Å². The maximum absolute atomic E-state index is 12.2. The third-order valence-electron chi connectivity index (χ3n) is 3.48. The van der Waals surface area contributed by atoms with Gasteiger partial charge >= 0.3 is 0 Å². The van der Waals surface area contributed by atoms with Crippen molar-refractivity contribution in [2.24, 2.45) is 0 Å². The number of nitrogens with one attached hydrogen (secondary N) is 1. The predicted molar refractivity (Wildman–Crippen MR) is 85.2 cm³/mol. The molecule has 112 valence electrons. The zero-order valence-corrected chi connectivity index (χ0v) is 12.5. The molecule has 1 saturated heterocycles. The second-order valence-corrected chi connectivity index (χ2v) is 5.39. The molecule has 1 aliphatic rings. The topological polar surface area (TPSA) is 62.3 Å². The predicted octanol–water partition coefficient (Wildman–Crippen LogP) is 3.11. The van der Waals surface area contributed by atoms with Crippen LogP contribution in [0.5, 0.6) is 0 Å². The minimum atomic E-state index is -0.340. The molecular weight excluding hydrogens is 302 g/mol. The van der Waals surface area contributed by atoms with Crippen molar-refractivity contribution in [3.05, 3.63) is 53.3 Å². The molecule has 1 fully saturated rings. The van der Waals surface area contributed by atoms with Crippen LogP contribution in [0, 0.1) is 0 Å². The molecule has 1 aliphatic heterocycles. The van der Waals surface area contributed by atoms with Crippen LogP contribution >= 0.6 is 11.6 Å². The summed E-state index contributed by atoms with van der Waals surface area (Å²) in [4.78, 5) is 29.7. The summed E-state index contributed by atoms with van der Waals surface area (Å²) in [5.74, 6) is -0.253. The fourth-order valence-electron chi connectivity index (χ4n) is 2.38. The number of benzene rings is 1. The molecule has 1 aromatic heterocycles. The van der Waals surface area contributed by atoms with Gasteiger partial charge < -0.3 is 10.2 Å². The van der Waals surface area contributed by atoms with Crippen molar-refractivity contribution >= 4 is 34.8 Å². The van der Waals surface area contributed by atoms with Crippen LogP contribution < -0.4 is 10.2 Å². The summed E-state index contributed by atoms with van der Waals surface area (Å²) in [5.41, 5.74) is 1.51. The van der Waals surface area contributed by atoms with E-state index < -0.39 is 0 Å². The van der Waals surface area contributed by atoms with Gasteiger partial charge in [0, 0.05) is 24.8 Å². The molecule has 2 heterocycles. The van der Waals surface area contributed by atoms with Gasteiger partial charge in [0.2, 0.25) is 5.91 Å². The zero-order valence-electron chi connectivity index (χ0n) is 11.8. The van der Waals surface area contributed by atoms with Gasteiger partial charge in [-0.25, -0.2) is 0 Å². The van der Waals surface area contributed by atoms with Crippen molar-refractivity contribution in [2.45, 2.75) is 12.8 Å². The number of rotatable bonds is 3. The number of anilines is 2. The Morgan fingerprint density at radius 2 is 2.14 bits per heavy atom. The van der Waals surface area contributed by atoms with E-state index in [1.165, 1.54) is 0 Å². The lowest BCUT2D eigenvalue weighted by molar-refractivity contribution is -0.117. The number of carbonyl (C=O) groups excluding carboxylic acids is 2. The average Bonchev–Trinajstić information content (AvgIpc) is 2.96. The fourth-order valence-corrected chi connectivity index (χ4v) is 2.55. The normalized spacial score (nSPS) is 14.2. The summed E-state index contributed by atoms with van der Waals surface area (Å²) in [7, 11) is 0. The van der Waals surface area contributed by atoms with Crippen molar-refractivity contribution in [1.29, 1.82) is 0 Å². The van der Waals surface area contributed by atoms with Crippen molar-refractivity contribution in [3.63, 3.8) is 0 Å². The van der Waals surface area contributed by atoms with E-state index in [9.17, 15) is 9.59 Å². The highest BCUT2D eigenvalue weighted by Crippen LogP contribution is 2.30. The molecule has 0 bridgehead atoms. The van der Waals surface area contributed by atoms with Gasteiger partial charge in [0.15, 0.2) is 0 Å². The summed E-state index contributed by atoms with van der Waals surface area (Å²) in [6, 6.07) is 10.3. The van der Waals surface area contributed by atoms with Gasteiger partial charge in [-0.15, -0.1) is 0 Å². The van der Waals surface area contributed by atoms with Crippen molar-refractivity contribution in [2.75, 3.05) is 16.8 Å². The van der Waals surface area contributed by atoms with Gasteiger partial charge in [-0.3, -0.25) is 14.6 Å². The van der Waals surface area contributed by atoms with E-state index in [4.69, 9.17) is 11.6 Å². The first kappa shape index (κ1) is 14.5. The lowest BCUT2D eigenvalue weighted by Crippen LogP contribution is -2.24. The van der Waals surface area contributed by atoms with Crippen molar-refractivity contribution in [1.82, 2.24) is 4.98 Å².